The van der Waals surface area contributed by atoms with Crippen LogP contribution in [0.15, 0.2) is 24.3 Å². The zero-order chi connectivity index (χ0) is 14.6. The molecule has 19 heavy (non-hydrogen) atoms. The van der Waals surface area contributed by atoms with Gasteiger partial charge in [-0.05, 0) is 23.1 Å². The van der Waals surface area contributed by atoms with E-state index in [9.17, 15) is 9.59 Å². The van der Waals surface area contributed by atoms with Gasteiger partial charge in [-0.1, -0.05) is 32.9 Å². The van der Waals surface area contributed by atoms with Crippen molar-refractivity contribution in [3.05, 3.63) is 35.4 Å². The molecule has 0 bridgehead atoms. The molecule has 1 aromatic carbocycles. The van der Waals surface area contributed by atoms with Gasteiger partial charge in [0, 0.05) is 6.54 Å². The summed E-state index contributed by atoms with van der Waals surface area (Å²) in [6, 6.07) is 5.85. The van der Waals surface area contributed by atoms with E-state index < -0.39 is 12.0 Å². The maximum atomic E-state index is 11.8. The van der Waals surface area contributed by atoms with Gasteiger partial charge >= 0.3 is 5.97 Å². The molecule has 0 saturated heterocycles. The molecule has 1 rings (SSSR count). The van der Waals surface area contributed by atoms with E-state index in [-0.39, 0.29) is 23.4 Å². The minimum absolute atomic E-state index is 0.201. The normalized spacial score (nSPS) is 12.8. The summed E-state index contributed by atoms with van der Waals surface area (Å²) in [4.78, 5) is 22.7. The fourth-order valence-corrected chi connectivity index (χ4v) is 1.51. The first-order chi connectivity index (χ1) is 8.71. The van der Waals surface area contributed by atoms with Crippen LogP contribution in [0.25, 0.3) is 0 Å². The average Bonchev–Trinajstić information content (AvgIpc) is 2.34. The number of carbonyl (C=O) groups is 2. The Morgan fingerprint density at radius 2 is 2.00 bits per heavy atom. The average molecular weight is 264 g/mol. The smallest absolute Gasteiger partial charge is 0.335 e. The lowest BCUT2D eigenvalue weighted by atomic mass is 9.87. The number of nitrogens with one attached hydrogen (secondary N) is 1. The van der Waals surface area contributed by atoms with Crippen molar-refractivity contribution in [1.29, 1.82) is 0 Å². The van der Waals surface area contributed by atoms with Gasteiger partial charge in [0.2, 0.25) is 5.91 Å². The van der Waals surface area contributed by atoms with Gasteiger partial charge in [0.05, 0.1) is 11.6 Å². The summed E-state index contributed by atoms with van der Waals surface area (Å²) in [6.45, 7) is 5.94. The first-order valence-electron chi connectivity index (χ1n) is 6.07. The topological polar surface area (TPSA) is 92.4 Å². The van der Waals surface area contributed by atoms with Crippen molar-refractivity contribution in [3.8, 4) is 0 Å². The SMILES string of the molecule is CC(C)(C)[C@@H](N)C(=O)NCc1cccc(C(=O)O)c1. The van der Waals surface area contributed by atoms with Crippen molar-refractivity contribution < 1.29 is 14.7 Å². The van der Waals surface area contributed by atoms with Crippen LogP contribution in [0.4, 0.5) is 0 Å². The standard InChI is InChI=1S/C14H20N2O3/c1-14(2,3)11(15)12(17)16-8-9-5-4-6-10(7-9)13(18)19/h4-7,11H,8,15H2,1-3H3,(H,16,17)(H,18,19)/t11-/m0/s1. The molecule has 1 aromatic rings. The summed E-state index contributed by atoms with van der Waals surface area (Å²) in [6.07, 6.45) is 0. The molecule has 0 fully saturated rings. The van der Waals surface area contributed by atoms with Crippen LogP contribution >= 0.6 is 0 Å². The van der Waals surface area contributed by atoms with Crippen LogP contribution in [0, 0.1) is 5.41 Å². The summed E-state index contributed by atoms with van der Waals surface area (Å²) >= 11 is 0. The number of carboxylic acids is 1. The van der Waals surface area contributed by atoms with Crippen LogP contribution in [0.5, 0.6) is 0 Å². The van der Waals surface area contributed by atoms with Crippen molar-refractivity contribution in [2.24, 2.45) is 11.1 Å². The minimum atomic E-state index is -0.987. The molecule has 5 heteroatoms. The second-order valence-electron chi connectivity index (χ2n) is 5.57. The highest BCUT2D eigenvalue weighted by molar-refractivity contribution is 5.87. The quantitative estimate of drug-likeness (QED) is 0.766. The number of carbonyl (C=O) groups excluding carboxylic acids is 1. The van der Waals surface area contributed by atoms with Crippen LogP contribution in [0.2, 0.25) is 0 Å². The first kappa shape index (κ1) is 15.2. The summed E-state index contributed by atoms with van der Waals surface area (Å²) in [5, 5.41) is 11.6. The summed E-state index contributed by atoms with van der Waals surface area (Å²) in [7, 11) is 0. The highest BCUT2D eigenvalue weighted by Crippen LogP contribution is 2.17. The molecule has 0 aromatic heterocycles. The highest BCUT2D eigenvalue weighted by Gasteiger charge is 2.27. The summed E-state index contributed by atoms with van der Waals surface area (Å²) in [5.74, 6) is -1.23. The number of rotatable bonds is 4. The predicted octanol–water partition coefficient (Wildman–Crippen LogP) is 1.37. The van der Waals surface area contributed by atoms with E-state index in [0.29, 0.717) is 0 Å². The van der Waals surface area contributed by atoms with Crippen molar-refractivity contribution in [3.63, 3.8) is 0 Å². The van der Waals surface area contributed by atoms with Crippen molar-refractivity contribution in [2.75, 3.05) is 0 Å². The molecule has 4 N–H and O–H groups in total. The van der Waals surface area contributed by atoms with E-state index >= 15 is 0 Å². The fraction of sp³-hybridized carbons (Fsp3) is 0.429. The fourth-order valence-electron chi connectivity index (χ4n) is 1.51. The molecule has 0 aliphatic carbocycles. The largest absolute Gasteiger partial charge is 0.478 e. The molecule has 0 unspecified atom stereocenters. The molecule has 1 atom stereocenters. The van der Waals surface area contributed by atoms with Gasteiger partial charge < -0.3 is 16.2 Å². The molecule has 0 heterocycles. The Kier molecular flexibility index (Phi) is 4.67. The van der Waals surface area contributed by atoms with E-state index in [1.165, 1.54) is 12.1 Å². The molecular formula is C14H20N2O3. The number of benzene rings is 1. The van der Waals surface area contributed by atoms with Gasteiger partial charge in [0.25, 0.3) is 0 Å². The first-order valence-corrected chi connectivity index (χ1v) is 6.07. The number of amides is 1. The third-order valence-electron chi connectivity index (χ3n) is 2.86. The highest BCUT2D eigenvalue weighted by atomic mass is 16.4. The van der Waals surface area contributed by atoms with Gasteiger partial charge in [0.15, 0.2) is 0 Å². The molecule has 0 spiro atoms. The second kappa shape index (κ2) is 5.84. The van der Waals surface area contributed by atoms with Crippen LogP contribution in [-0.2, 0) is 11.3 Å². The maximum absolute atomic E-state index is 11.8. The molecule has 0 aliphatic rings. The lowest BCUT2D eigenvalue weighted by molar-refractivity contribution is -0.124. The molecule has 0 radical (unpaired) electrons. The van der Waals surface area contributed by atoms with E-state index in [4.69, 9.17) is 10.8 Å². The Labute approximate surface area is 112 Å². The lowest BCUT2D eigenvalue weighted by Crippen LogP contribution is -2.48. The van der Waals surface area contributed by atoms with Gasteiger partial charge in [-0.3, -0.25) is 4.79 Å². The molecule has 0 aliphatic heterocycles. The summed E-state index contributed by atoms with van der Waals surface area (Å²) < 4.78 is 0. The number of nitrogens with two attached hydrogens (primary N) is 1. The Morgan fingerprint density at radius 3 is 2.53 bits per heavy atom. The zero-order valence-electron chi connectivity index (χ0n) is 11.4. The maximum Gasteiger partial charge on any atom is 0.335 e. The van der Waals surface area contributed by atoms with E-state index in [2.05, 4.69) is 5.32 Å². The van der Waals surface area contributed by atoms with Gasteiger partial charge in [-0.2, -0.15) is 0 Å². The predicted molar refractivity (Wildman–Crippen MR) is 72.7 cm³/mol. The number of carboxylic acid groups (broad SMARTS) is 1. The molecular weight excluding hydrogens is 244 g/mol. The van der Waals surface area contributed by atoms with E-state index in [0.717, 1.165) is 5.56 Å². The van der Waals surface area contributed by atoms with Gasteiger partial charge in [-0.15, -0.1) is 0 Å². The summed E-state index contributed by atoms with van der Waals surface area (Å²) in [5.41, 5.74) is 6.45. The number of hydrogen-bond donors (Lipinski definition) is 3. The number of hydrogen-bond acceptors (Lipinski definition) is 3. The van der Waals surface area contributed by atoms with Crippen LogP contribution < -0.4 is 11.1 Å². The molecule has 104 valence electrons. The number of aromatic carboxylic acids is 1. The van der Waals surface area contributed by atoms with Crippen molar-refractivity contribution in [2.45, 2.75) is 33.4 Å². The minimum Gasteiger partial charge on any atom is -0.478 e. The van der Waals surface area contributed by atoms with Gasteiger partial charge in [-0.25, -0.2) is 4.79 Å². The van der Waals surface area contributed by atoms with Crippen molar-refractivity contribution in [1.82, 2.24) is 5.32 Å². The zero-order valence-corrected chi connectivity index (χ0v) is 11.4. The van der Waals surface area contributed by atoms with Crippen LogP contribution in [-0.4, -0.2) is 23.0 Å². The third kappa shape index (κ3) is 4.37. The molecule has 0 saturated carbocycles. The van der Waals surface area contributed by atoms with Crippen LogP contribution in [0.3, 0.4) is 0 Å². The van der Waals surface area contributed by atoms with E-state index in [1.807, 2.05) is 20.8 Å². The molecule has 1 amide bonds. The Morgan fingerprint density at radius 1 is 1.37 bits per heavy atom. The monoisotopic (exact) mass is 264 g/mol. The second-order valence-corrected chi connectivity index (χ2v) is 5.57. The van der Waals surface area contributed by atoms with E-state index in [1.54, 1.807) is 12.1 Å². The van der Waals surface area contributed by atoms with Crippen molar-refractivity contribution >= 4 is 11.9 Å². The molecule has 5 nitrogen and oxygen atoms in total. The van der Waals surface area contributed by atoms with Crippen LogP contribution in [0.1, 0.15) is 36.7 Å². The third-order valence-corrected chi connectivity index (χ3v) is 2.86. The Balaban J connectivity index is 2.65. The Bertz CT molecular complexity index is 478. The lowest BCUT2D eigenvalue weighted by Gasteiger charge is -2.25. The van der Waals surface area contributed by atoms with Gasteiger partial charge in [0.1, 0.15) is 0 Å². The Hall–Kier alpha value is -1.88.